The van der Waals surface area contributed by atoms with Gasteiger partial charge in [-0.15, -0.1) is 0 Å². The topological polar surface area (TPSA) is 73.1 Å². The number of furan rings is 1. The first-order chi connectivity index (χ1) is 9.83. The monoisotopic (exact) mass is 272 g/mol. The van der Waals surface area contributed by atoms with Gasteiger partial charge in [0.2, 0.25) is 6.10 Å². The fourth-order valence-corrected chi connectivity index (χ4v) is 1.74. The zero-order valence-corrected chi connectivity index (χ0v) is 10.5. The summed E-state index contributed by atoms with van der Waals surface area (Å²) in [5.74, 6) is 1.36. The molecule has 6 heteroatoms. The Morgan fingerprint density at radius 3 is 2.90 bits per heavy atom. The molecule has 0 bridgehead atoms. The number of hydrogen-bond donors (Lipinski definition) is 1. The van der Waals surface area contributed by atoms with Gasteiger partial charge >= 0.3 is 0 Å². The van der Waals surface area contributed by atoms with Crippen LogP contribution in [0.25, 0.3) is 0 Å². The van der Waals surface area contributed by atoms with E-state index in [0.717, 1.165) is 0 Å². The van der Waals surface area contributed by atoms with Gasteiger partial charge < -0.3 is 13.9 Å². The van der Waals surface area contributed by atoms with E-state index in [4.69, 9.17) is 13.9 Å². The van der Waals surface area contributed by atoms with Crippen molar-refractivity contribution < 1.29 is 18.7 Å². The Balaban J connectivity index is 1.59. The highest BCUT2D eigenvalue weighted by Gasteiger charge is 2.26. The number of rotatable bonds is 3. The van der Waals surface area contributed by atoms with Gasteiger partial charge in [0.15, 0.2) is 11.5 Å². The Hall–Kier alpha value is -2.76. The summed E-state index contributed by atoms with van der Waals surface area (Å²) in [5.41, 5.74) is 2.39. The van der Waals surface area contributed by atoms with Crippen molar-refractivity contribution in [2.24, 2.45) is 5.10 Å². The summed E-state index contributed by atoms with van der Waals surface area (Å²) in [4.78, 5) is 11.9. The Bertz CT molecular complexity index is 622. The van der Waals surface area contributed by atoms with Crippen LogP contribution in [0, 0.1) is 0 Å². The number of carbonyl (C=O) groups excluding carboxylic acids is 1. The summed E-state index contributed by atoms with van der Waals surface area (Å²) in [6, 6.07) is 10.7. The Morgan fingerprint density at radius 1 is 1.25 bits per heavy atom. The fraction of sp³-hybridized carbons (Fsp3) is 0.143. The van der Waals surface area contributed by atoms with E-state index in [0.29, 0.717) is 17.3 Å². The largest absolute Gasteiger partial charge is 0.485 e. The lowest BCUT2D eigenvalue weighted by Gasteiger charge is -2.24. The van der Waals surface area contributed by atoms with Gasteiger partial charge in [0.05, 0.1) is 12.5 Å². The van der Waals surface area contributed by atoms with Crippen molar-refractivity contribution in [3.05, 3.63) is 48.4 Å². The fourth-order valence-electron chi connectivity index (χ4n) is 1.74. The van der Waals surface area contributed by atoms with Crippen LogP contribution in [0.1, 0.15) is 5.76 Å². The van der Waals surface area contributed by atoms with Crippen molar-refractivity contribution in [2.75, 3.05) is 6.61 Å². The lowest BCUT2D eigenvalue weighted by atomic mass is 10.2. The lowest BCUT2D eigenvalue weighted by Crippen LogP contribution is -2.42. The van der Waals surface area contributed by atoms with Crippen LogP contribution in [0.4, 0.5) is 0 Å². The number of para-hydroxylation sites is 2. The van der Waals surface area contributed by atoms with Crippen LogP contribution in [0.15, 0.2) is 52.2 Å². The highest BCUT2D eigenvalue weighted by atomic mass is 16.6. The second kappa shape index (κ2) is 5.48. The summed E-state index contributed by atoms with van der Waals surface area (Å²) in [6.45, 7) is 0.152. The van der Waals surface area contributed by atoms with Crippen LogP contribution >= 0.6 is 0 Å². The Kier molecular flexibility index (Phi) is 3.36. The van der Waals surface area contributed by atoms with Crippen LogP contribution in [0.3, 0.4) is 0 Å². The van der Waals surface area contributed by atoms with Gasteiger partial charge in [-0.05, 0) is 24.3 Å². The number of benzene rings is 1. The lowest BCUT2D eigenvalue weighted by molar-refractivity contribution is -0.130. The molecule has 0 saturated carbocycles. The standard InChI is InChI=1S/C14H12N2O4/c17-14(16-15-8-10-4-3-7-18-10)13-9-19-11-5-1-2-6-12(11)20-13/h1-8,13H,9H2,(H,16,17). The number of nitrogens with zero attached hydrogens (tertiary/aromatic N) is 1. The second-order valence-corrected chi connectivity index (χ2v) is 4.11. The molecule has 0 aliphatic carbocycles. The number of nitrogens with one attached hydrogen (secondary N) is 1. The van der Waals surface area contributed by atoms with Crippen LogP contribution in [-0.4, -0.2) is 24.8 Å². The average molecular weight is 272 g/mol. The molecular weight excluding hydrogens is 260 g/mol. The molecule has 1 aliphatic rings. The molecule has 1 unspecified atom stereocenters. The first kappa shape index (κ1) is 12.3. The Morgan fingerprint density at radius 2 is 2.10 bits per heavy atom. The van der Waals surface area contributed by atoms with E-state index in [-0.39, 0.29) is 12.5 Å². The van der Waals surface area contributed by atoms with E-state index < -0.39 is 6.10 Å². The maximum absolute atomic E-state index is 11.9. The SMILES string of the molecule is O=C(NN=Cc1ccco1)C1COc2ccccc2O1. The number of hydrogen-bond acceptors (Lipinski definition) is 5. The van der Waals surface area contributed by atoms with Gasteiger partial charge in [0.1, 0.15) is 12.4 Å². The molecule has 1 amide bonds. The highest BCUT2D eigenvalue weighted by Crippen LogP contribution is 2.30. The molecule has 20 heavy (non-hydrogen) atoms. The molecule has 0 saturated heterocycles. The molecule has 0 fully saturated rings. The molecule has 1 aromatic heterocycles. The predicted octanol–water partition coefficient (Wildman–Crippen LogP) is 1.57. The van der Waals surface area contributed by atoms with Gasteiger partial charge in [0.25, 0.3) is 5.91 Å². The van der Waals surface area contributed by atoms with E-state index in [1.807, 2.05) is 12.1 Å². The van der Waals surface area contributed by atoms with Crippen molar-refractivity contribution >= 4 is 12.1 Å². The van der Waals surface area contributed by atoms with Crippen LogP contribution in [0.5, 0.6) is 11.5 Å². The van der Waals surface area contributed by atoms with Crippen LogP contribution in [0.2, 0.25) is 0 Å². The second-order valence-electron chi connectivity index (χ2n) is 4.11. The van der Waals surface area contributed by atoms with E-state index in [1.165, 1.54) is 12.5 Å². The van der Waals surface area contributed by atoms with Crippen LogP contribution in [-0.2, 0) is 4.79 Å². The minimum atomic E-state index is -0.723. The van der Waals surface area contributed by atoms with Gasteiger partial charge in [-0.1, -0.05) is 12.1 Å². The molecular formula is C14H12N2O4. The van der Waals surface area contributed by atoms with Gasteiger partial charge in [-0.3, -0.25) is 4.79 Å². The summed E-state index contributed by atoms with van der Waals surface area (Å²) in [7, 11) is 0. The first-order valence-corrected chi connectivity index (χ1v) is 6.08. The van der Waals surface area contributed by atoms with Crippen molar-refractivity contribution in [2.45, 2.75) is 6.10 Å². The number of hydrazone groups is 1. The van der Waals surface area contributed by atoms with E-state index in [9.17, 15) is 4.79 Å². The van der Waals surface area contributed by atoms with E-state index in [1.54, 1.807) is 24.3 Å². The zero-order chi connectivity index (χ0) is 13.8. The van der Waals surface area contributed by atoms with Gasteiger partial charge in [-0.2, -0.15) is 5.10 Å². The minimum Gasteiger partial charge on any atom is -0.485 e. The number of amides is 1. The predicted molar refractivity (Wildman–Crippen MR) is 70.8 cm³/mol. The number of carbonyl (C=O) groups is 1. The smallest absolute Gasteiger partial charge is 0.284 e. The summed E-state index contributed by atoms with van der Waals surface area (Å²) in [6.07, 6.45) is 2.21. The molecule has 2 aromatic rings. The molecule has 1 aromatic carbocycles. The molecule has 0 spiro atoms. The normalized spacial score (nSPS) is 17.1. The maximum Gasteiger partial charge on any atom is 0.284 e. The summed E-state index contributed by atoms with van der Waals surface area (Å²) in [5, 5.41) is 3.79. The molecule has 6 nitrogen and oxygen atoms in total. The van der Waals surface area contributed by atoms with E-state index >= 15 is 0 Å². The Labute approximate surface area is 115 Å². The summed E-state index contributed by atoms with van der Waals surface area (Å²) < 4.78 is 16.1. The zero-order valence-electron chi connectivity index (χ0n) is 10.5. The van der Waals surface area contributed by atoms with Crippen molar-refractivity contribution in [1.29, 1.82) is 0 Å². The van der Waals surface area contributed by atoms with Gasteiger partial charge in [0, 0.05) is 0 Å². The van der Waals surface area contributed by atoms with Crippen molar-refractivity contribution in [1.82, 2.24) is 5.43 Å². The molecule has 1 aliphatic heterocycles. The minimum absolute atomic E-state index is 0.152. The number of fused-ring (bicyclic) bond motifs is 1. The first-order valence-electron chi connectivity index (χ1n) is 6.08. The highest BCUT2D eigenvalue weighted by molar-refractivity contribution is 5.83. The number of ether oxygens (including phenoxy) is 2. The van der Waals surface area contributed by atoms with Crippen LogP contribution < -0.4 is 14.9 Å². The van der Waals surface area contributed by atoms with Gasteiger partial charge in [-0.25, -0.2) is 5.43 Å². The average Bonchev–Trinajstić information content (AvgIpc) is 3.00. The van der Waals surface area contributed by atoms with Crippen molar-refractivity contribution in [3.8, 4) is 11.5 Å². The van der Waals surface area contributed by atoms with E-state index in [2.05, 4.69) is 10.5 Å². The van der Waals surface area contributed by atoms with Crippen molar-refractivity contribution in [3.63, 3.8) is 0 Å². The molecule has 2 heterocycles. The molecule has 3 rings (SSSR count). The molecule has 0 radical (unpaired) electrons. The third-order valence-electron chi connectivity index (χ3n) is 2.71. The molecule has 1 N–H and O–H groups in total. The molecule has 1 atom stereocenters. The third kappa shape index (κ3) is 2.64. The third-order valence-corrected chi connectivity index (χ3v) is 2.71. The maximum atomic E-state index is 11.9. The summed E-state index contributed by atoms with van der Waals surface area (Å²) >= 11 is 0. The molecule has 102 valence electrons. The quantitative estimate of drug-likeness (QED) is 0.680.